The van der Waals surface area contributed by atoms with Gasteiger partial charge in [0.1, 0.15) is 12.1 Å². The largest absolute Gasteiger partial charge is 0.355 e. The SMILES string of the molecule is CC(=O)c1c(C)[nH]c(C(=O)[C@@H](C)[NH2+][C@@H]2CCCc3ccccc32)c1C. The quantitative estimate of drug-likeness (QED) is 0.822. The van der Waals surface area contributed by atoms with E-state index in [1.807, 2.05) is 20.8 Å². The Morgan fingerprint density at radius 3 is 2.64 bits per heavy atom. The Morgan fingerprint density at radius 2 is 1.96 bits per heavy atom. The predicted octanol–water partition coefficient (Wildman–Crippen LogP) is 3.05. The number of nitrogens with one attached hydrogen (secondary N) is 1. The summed E-state index contributed by atoms with van der Waals surface area (Å²) in [6.07, 6.45) is 3.38. The number of aromatic amines is 1. The number of ketones is 2. The maximum Gasteiger partial charge on any atom is 0.235 e. The zero-order chi connectivity index (χ0) is 18.1. The molecule has 0 fully saturated rings. The fourth-order valence-corrected chi connectivity index (χ4v) is 4.18. The third-order valence-corrected chi connectivity index (χ3v) is 5.39. The molecule has 1 aromatic carbocycles. The normalized spacial score (nSPS) is 17.8. The summed E-state index contributed by atoms with van der Waals surface area (Å²) in [6.45, 7) is 7.22. The summed E-state index contributed by atoms with van der Waals surface area (Å²) >= 11 is 0. The van der Waals surface area contributed by atoms with Crippen molar-refractivity contribution in [1.29, 1.82) is 0 Å². The molecule has 25 heavy (non-hydrogen) atoms. The summed E-state index contributed by atoms with van der Waals surface area (Å²) in [6, 6.07) is 8.68. The van der Waals surface area contributed by atoms with Crippen LogP contribution in [0.4, 0.5) is 0 Å². The lowest BCUT2D eigenvalue weighted by atomic mass is 9.87. The molecule has 1 aromatic heterocycles. The minimum Gasteiger partial charge on any atom is -0.355 e. The first-order chi connectivity index (χ1) is 11.9. The van der Waals surface area contributed by atoms with Crippen molar-refractivity contribution >= 4 is 11.6 Å². The van der Waals surface area contributed by atoms with Crippen molar-refractivity contribution in [3.8, 4) is 0 Å². The minimum atomic E-state index is -0.187. The van der Waals surface area contributed by atoms with Crippen molar-refractivity contribution in [2.45, 2.75) is 59.0 Å². The third kappa shape index (κ3) is 3.31. The van der Waals surface area contributed by atoms with Crippen LogP contribution in [0.3, 0.4) is 0 Å². The Morgan fingerprint density at radius 1 is 1.24 bits per heavy atom. The van der Waals surface area contributed by atoms with E-state index in [2.05, 4.69) is 34.6 Å². The van der Waals surface area contributed by atoms with Crippen molar-refractivity contribution in [2.75, 3.05) is 0 Å². The van der Waals surface area contributed by atoms with Crippen LogP contribution in [0.25, 0.3) is 0 Å². The summed E-state index contributed by atoms with van der Waals surface area (Å²) in [7, 11) is 0. The second kappa shape index (κ2) is 6.96. The number of fused-ring (bicyclic) bond motifs is 1. The van der Waals surface area contributed by atoms with Crippen LogP contribution in [-0.4, -0.2) is 22.6 Å². The van der Waals surface area contributed by atoms with Crippen LogP contribution in [0.15, 0.2) is 24.3 Å². The van der Waals surface area contributed by atoms with E-state index in [9.17, 15) is 9.59 Å². The van der Waals surface area contributed by atoms with E-state index >= 15 is 0 Å². The molecule has 0 saturated heterocycles. The van der Waals surface area contributed by atoms with Crippen LogP contribution in [-0.2, 0) is 6.42 Å². The van der Waals surface area contributed by atoms with Gasteiger partial charge in [-0.2, -0.15) is 0 Å². The van der Waals surface area contributed by atoms with Gasteiger partial charge in [-0.05, 0) is 51.7 Å². The minimum absolute atomic E-state index is 0.00291. The van der Waals surface area contributed by atoms with Gasteiger partial charge in [0.2, 0.25) is 5.78 Å². The average Bonchev–Trinajstić information content (AvgIpc) is 2.89. The number of quaternary nitrogens is 1. The number of aromatic nitrogens is 1. The third-order valence-electron chi connectivity index (χ3n) is 5.39. The van der Waals surface area contributed by atoms with E-state index in [0.717, 1.165) is 30.5 Å². The first-order valence-corrected chi connectivity index (χ1v) is 9.07. The molecule has 1 heterocycles. The highest BCUT2D eigenvalue weighted by molar-refractivity contribution is 6.04. The predicted molar refractivity (Wildman–Crippen MR) is 98.1 cm³/mol. The Bertz CT molecular complexity index is 819. The Kier molecular flexibility index (Phi) is 4.91. The lowest BCUT2D eigenvalue weighted by Gasteiger charge is -2.25. The summed E-state index contributed by atoms with van der Waals surface area (Å²) in [5.41, 5.74) is 5.55. The van der Waals surface area contributed by atoms with Gasteiger partial charge >= 0.3 is 0 Å². The molecular weight excluding hydrogens is 312 g/mol. The van der Waals surface area contributed by atoms with Crippen molar-refractivity contribution in [1.82, 2.24) is 4.98 Å². The summed E-state index contributed by atoms with van der Waals surface area (Å²) in [5, 5.41) is 2.18. The van der Waals surface area contributed by atoms with E-state index in [1.54, 1.807) is 6.92 Å². The van der Waals surface area contributed by atoms with Gasteiger partial charge in [0.15, 0.2) is 5.78 Å². The van der Waals surface area contributed by atoms with Gasteiger partial charge in [-0.3, -0.25) is 9.59 Å². The number of nitrogens with two attached hydrogens (primary N) is 1. The maximum atomic E-state index is 13.0. The molecule has 4 nitrogen and oxygen atoms in total. The molecule has 0 saturated carbocycles. The number of carbonyl (C=O) groups excluding carboxylic acids is 2. The van der Waals surface area contributed by atoms with E-state index in [0.29, 0.717) is 17.3 Å². The molecular formula is C21H27N2O2+. The van der Waals surface area contributed by atoms with Gasteiger partial charge < -0.3 is 10.3 Å². The first-order valence-electron chi connectivity index (χ1n) is 9.07. The molecule has 4 heteroatoms. The van der Waals surface area contributed by atoms with Gasteiger partial charge in [0.25, 0.3) is 0 Å². The first kappa shape index (κ1) is 17.6. The van der Waals surface area contributed by atoms with Crippen LogP contribution in [0, 0.1) is 13.8 Å². The maximum absolute atomic E-state index is 13.0. The molecule has 0 unspecified atom stereocenters. The van der Waals surface area contributed by atoms with Crippen LogP contribution >= 0.6 is 0 Å². The second-order valence-corrected chi connectivity index (χ2v) is 7.22. The molecule has 1 aliphatic carbocycles. The highest BCUT2D eigenvalue weighted by Crippen LogP contribution is 2.27. The number of hydrogen-bond donors (Lipinski definition) is 2. The summed E-state index contributed by atoms with van der Waals surface area (Å²) < 4.78 is 0. The van der Waals surface area contributed by atoms with Gasteiger partial charge in [-0.15, -0.1) is 0 Å². The van der Waals surface area contributed by atoms with Crippen molar-refractivity contribution in [3.63, 3.8) is 0 Å². The highest BCUT2D eigenvalue weighted by Gasteiger charge is 2.30. The molecule has 0 radical (unpaired) electrons. The van der Waals surface area contributed by atoms with Crippen LogP contribution in [0.5, 0.6) is 0 Å². The Hall–Kier alpha value is -2.20. The lowest BCUT2D eigenvalue weighted by molar-refractivity contribution is -0.713. The molecule has 2 aromatic rings. The lowest BCUT2D eigenvalue weighted by Crippen LogP contribution is -2.92. The zero-order valence-corrected chi connectivity index (χ0v) is 15.5. The van der Waals surface area contributed by atoms with Gasteiger partial charge in [0, 0.05) is 23.2 Å². The monoisotopic (exact) mass is 339 g/mol. The molecule has 132 valence electrons. The number of carbonyl (C=O) groups is 2. The molecule has 3 N–H and O–H groups in total. The van der Waals surface area contributed by atoms with Gasteiger partial charge in [-0.1, -0.05) is 24.3 Å². The number of hydrogen-bond acceptors (Lipinski definition) is 2. The van der Waals surface area contributed by atoms with Crippen LogP contribution in [0.2, 0.25) is 0 Å². The Balaban J connectivity index is 1.81. The smallest absolute Gasteiger partial charge is 0.235 e. The molecule has 0 aliphatic heterocycles. The molecule has 3 rings (SSSR count). The van der Waals surface area contributed by atoms with Crippen LogP contribution < -0.4 is 5.32 Å². The second-order valence-electron chi connectivity index (χ2n) is 7.22. The number of H-pyrrole nitrogens is 1. The van der Waals surface area contributed by atoms with Crippen molar-refractivity contribution in [3.05, 3.63) is 57.9 Å². The summed E-state index contributed by atoms with van der Waals surface area (Å²) in [4.78, 5) is 27.9. The fraction of sp³-hybridized carbons (Fsp3) is 0.429. The summed E-state index contributed by atoms with van der Waals surface area (Å²) in [5.74, 6) is 0.0688. The van der Waals surface area contributed by atoms with Crippen molar-refractivity contribution < 1.29 is 14.9 Å². The molecule has 2 atom stereocenters. The highest BCUT2D eigenvalue weighted by atomic mass is 16.1. The standard InChI is InChI=1S/C21H26N2O2/c1-12-19(15(4)24)13(2)23-20(12)21(25)14(3)22-18-11-7-9-16-8-5-6-10-17(16)18/h5-6,8,10,14,18,22-23H,7,9,11H2,1-4H3/p+1/t14-,18-/m1/s1. The van der Waals surface area contributed by atoms with E-state index in [4.69, 9.17) is 0 Å². The fourth-order valence-electron chi connectivity index (χ4n) is 4.18. The molecule has 0 amide bonds. The van der Waals surface area contributed by atoms with Gasteiger partial charge in [-0.25, -0.2) is 0 Å². The molecule has 0 spiro atoms. The van der Waals surface area contributed by atoms with Gasteiger partial charge in [0.05, 0.1) is 5.69 Å². The topological polar surface area (TPSA) is 66.5 Å². The molecule has 0 bridgehead atoms. The van der Waals surface area contributed by atoms with E-state index in [1.165, 1.54) is 11.1 Å². The van der Waals surface area contributed by atoms with Crippen LogP contribution in [0.1, 0.15) is 76.0 Å². The van der Waals surface area contributed by atoms with E-state index in [-0.39, 0.29) is 17.6 Å². The van der Waals surface area contributed by atoms with E-state index < -0.39 is 0 Å². The number of aryl methyl sites for hydroxylation is 2. The Labute approximate surface area is 149 Å². The number of rotatable bonds is 5. The molecule has 1 aliphatic rings. The average molecular weight is 339 g/mol. The zero-order valence-electron chi connectivity index (χ0n) is 15.5. The van der Waals surface area contributed by atoms with Crippen molar-refractivity contribution in [2.24, 2.45) is 0 Å². The number of benzene rings is 1. The number of Topliss-reactive ketones (excluding diaryl/α,β-unsaturated/α-hetero) is 2.